The lowest BCUT2D eigenvalue weighted by molar-refractivity contribution is -0.121. The van der Waals surface area contributed by atoms with E-state index in [1.807, 2.05) is 6.92 Å². The van der Waals surface area contributed by atoms with Crippen molar-refractivity contribution >= 4 is 11.6 Å². The number of carbonyl (C=O) groups excluding carboxylic acids is 1. The standard InChI is InChI=1S/C12H14FNO3/c1-8(6-15)5-14-10-3-2-9(13)4-11(10)17-7-12(14)16/h2-4,8,15H,5-7H2,1H3/t8-/m0/s1. The van der Waals surface area contributed by atoms with Crippen LogP contribution < -0.4 is 9.64 Å². The third-order valence-electron chi connectivity index (χ3n) is 2.67. The Morgan fingerprint density at radius 3 is 3.06 bits per heavy atom. The fraction of sp³-hybridized carbons (Fsp3) is 0.417. The lowest BCUT2D eigenvalue weighted by Gasteiger charge is -2.30. The summed E-state index contributed by atoms with van der Waals surface area (Å²) < 4.78 is 18.2. The first-order chi connectivity index (χ1) is 8.11. The van der Waals surface area contributed by atoms with Crippen molar-refractivity contribution in [2.75, 3.05) is 24.7 Å². The Balaban J connectivity index is 2.30. The summed E-state index contributed by atoms with van der Waals surface area (Å²) in [5.41, 5.74) is 0.558. The molecule has 0 unspecified atom stereocenters. The fourth-order valence-corrected chi connectivity index (χ4v) is 1.75. The molecule has 4 nitrogen and oxygen atoms in total. The van der Waals surface area contributed by atoms with Crippen molar-refractivity contribution in [1.82, 2.24) is 0 Å². The van der Waals surface area contributed by atoms with Gasteiger partial charge in [-0.3, -0.25) is 4.79 Å². The molecule has 0 aromatic heterocycles. The van der Waals surface area contributed by atoms with Gasteiger partial charge in [0.25, 0.3) is 5.91 Å². The summed E-state index contributed by atoms with van der Waals surface area (Å²) >= 11 is 0. The van der Waals surface area contributed by atoms with E-state index in [-0.39, 0.29) is 25.0 Å². The van der Waals surface area contributed by atoms with E-state index in [4.69, 9.17) is 9.84 Å². The molecule has 0 saturated heterocycles. The van der Waals surface area contributed by atoms with E-state index in [2.05, 4.69) is 0 Å². The molecule has 5 heteroatoms. The number of nitrogens with zero attached hydrogens (tertiary/aromatic N) is 1. The molecule has 0 radical (unpaired) electrons. The van der Waals surface area contributed by atoms with Crippen molar-refractivity contribution in [3.8, 4) is 5.75 Å². The first kappa shape index (κ1) is 11.9. The Bertz CT molecular complexity index is 436. The number of hydrogen-bond donors (Lipinski definition) is 1. The highest BCUT2D eigenvalue weighted by atomic mass is 19.1. The van der Waals surface area contributed by atoms with E-state index in [1.165, 1.54) is 23.1 Å². The number of ether oxygens (including phenoxy) is 1. The van der Waals surface area contributed by atoms with Gasteiger partial charge in [-0.1, -0.05) is 6.92 Å². The Morgan fingerprint density at radius 1 is 1.59 bits per heavy atom. The van der Waals surface area contributed by atoms with Crippen molar-refractivity contribution in [3.63, 3.8) is 0 Å². The second-order valence-corrected chi connectivity index (χ2v) is 4.19. The summed E-state index contributed by atoms with van der Waals surface area (Å²) in [6.07, 6.45) is 0. The number of amides is 1. The molecule has 1 aliphatic heterocycles. The number of hydrogen-bond acceptors (Lipinski definition) is 3. The zero-order chi connectivity index (χ0) is 12.4. The molecule has 0 fully saturated rings. The minimum absolute atomic E-state index is 0.00116. The number of fused-ring (bicyclic) bond motifs is 1. The summed E-state index contributed by atoms with van der Waals surface area (Å²) in [5.74, 6) is -0.234. The van der Waals surface area contributed by atoms with Crippen LogP contribution in [0.25, 0.3) is 0 Å². The topological polar surface area (TPSA) is 49.8 Å². The lowest BCUT2D eigenvalue weighted by Crippen LogP contribution is -2.41. The second kappa shape index (κ2) is 4.71. The smallest absolute Gasteiger partial charge is 0.265 e. The minimum Gasteiger partial charge on any atom is -0.481 e. The molecule has 1 atom stereocenters. The molecule has 0 aliphatic carbocycles. The predicted molar refractivity (Wildman–Crippen MR) is 60.5 cm³/mol. The maximum Gasteiger partial charge on any atom is 0.265 e. The number of anilines is 1. The van der Waals surface area contributed by atoms with Gasteiger partial charge in [-0.05, 0) is 18.1 Å². The number of aliphatic hydroxyl groups excluding tert-OH is 1. The normalized spacial score (nSPS) is 16.4. The van der Waals surface area contributed by atoms with Crippen molar-refractivity contribution in [3.05, 3.63) is 24.0 Å². The molecule has 0 saturated carbocycles. The van der Waals surface area contributed by atoms with Gasteiger partial charge >= 0.3 is 0 Å². The Labute approximate surface area is 98.6 Å². The zero-order valence-electron chi connectivity index (χ0n) is 9.52. The number of benzene rings is 1. The van der Waals surface area contributed by atoms with Crippen LogP contribution >= 0.6 is 0 Å². The number of aliphatic hydroxyl groups is 1. The van der Waals surface area contributed by atoms with Crippen LogP contribution in [0.1, 0.15) is 6.92 Å². The van der Waals surface area contributed by atoms with Crippen LogP contribution in [-0.2, 0) is 4.79 Å². The van der Waals surface area contributed by atoms with Gasteiger partial charge in [-0.15, -0.1) is 0 Å². The predicted octanol–water partition coefficient (Wildman–Crippen LogP) is 1.18. The summed E-state index contributed by atoms with van der Waals surface area (Å²) in [7, 11) is 0. The molecule has 0 bridgehead atoms. The number of halogens is 1. The molecule has 1 aromatic rings. The van der Waals surface area contributed by atoms with Crippen LogP contribution in [-0.4, -0.2) is 30.8 Å². The molecule has 1 aromatic carbocycles. The van der Waals surface area contributed by atoms with Crippen LogP contribution in [0.15, 0.2) is 18.2 Å². The van der Waals surface area contributed by atoms with Crippen LogP contribution in [0, 0.1) is 11.7 Å². The van der Waals surface area contributed by atoms with Crippen LogP contribution in [0.3, 0.4) is 0 Å². The lowest BCUT2D eigenvalue weighted by atomic mass is 10.1. The van der Waals surface area contributed by atoms with E-state index in [0.29, 0.717) is 18.0 Å². The average molecular weight is 239 g/mol. The van der Waals surface area contributed by atoms with Crippen LogP contribution in [0.4, 0.5) is 10.1 Å². The maximum atomic E-state index is 13.0. The highest BCUT2D eigenvalue weighted by Crippen LogP contribution is 2.32. The van der Waals surface area contributed by atoms with Gasteiger partial charge in [0.2, 0.25) is 0 Å². The average Bonchev–Trinajstić information content (AvgIpc) is 2.32. The minimum atomic E-state index is -0.395. The molecule has 1 aliphatic rings. The van der Waals surface area contributed by atoms with Crippen molar-refractivity contribution in [1.29, 1.82) is 0 Å². The highest BCUT2D eigenvalue weighted by Gasteiger charge is 2.26. The third kappa shape index (κ3) is 2.39. The van der Waals surface area contributed by atoms with Crippen LogP contribution in [0.5, 0.6) is 5.75 Å². The summed E-state index contributed by atoms with van der Waals surface area (Å²) in [6.45, 7) is 2.15. The monoisotopic (exact) mass is 239 g/mol. The van der Waals surface area contributed by atoms with E-state index in [1.54, 1.807) is 0 Å². The summed E-state index contributed by atoms with van der Waals surface area (Å²) in [4.78, 5) is 13.2. The Hall–Kier alpha value is -1.62. The third-order valence-corrected chi connectivity index (χ3v) is 2.67. The molecule has 0 spiro atoms. The molecule has 17 heavy (non-hydrogen) atoms. The molecule has 1 heterocycles. The van der Waals surface area contributed by atoms with E-state index >= 15 is 0 Å². The quantitative estimate of drug-likeness (QED) is 0.861. The Morgan fingerprint density at radius 2 is 2.35 bits per heavy atom. The largest absolute Gasteiger partial charge is 0.481 e. The molecule has 92 valence electrons. The first-order valence-electron chi connectivity index (χ1n) is 5.45. The SMILES string of the molecule is C[C@H](CO)CN1C(=O)COc2cc(F)ccc21. The van der Waals surface area contributed by atoms with E-state index in [0.717, 1.165) is 0 Å². The number of carbonyl (C=O) groups is 1. The molecule has 2 rings (SSSR count). The van der Waals surface area contributed by atoms with Crippen molar-refractivity contribution in [2.45, 2.75) is 6.92 Å². The summed E-state index contributed by atoms with van der Waals surface area (Å²) in [6, 6.07) is 4.07. The van der Waals surface area contributed by atoms with Gasteiger partial charge in [0.15, 0.2) is 6.61 Å². The van der Waals surface area contributed by atoms with Crippen molar-refractivity contribution < 1.29 is 19.0 Å². The first-order valence-corrected chi connectivity index (χ1v) is 5.45. The maximum absolute atomic E-state index is 13.0. The number of rotatable bonds is 3. The van der Waals surface area contributed by atoms with Gasteiger partial charge in [0.05, 0.1) is 5.69 Å². The highest BCUT2D eigenvalue weighted by molar-refractivity contribution is 5.97. The van der Waals surface area contributed by atoms with Gasteiger partial charge < -0.3 is 14.7 Å². The molecular formula is C12H14FNO3. The second-order valence-electron chi connectivity index (χ2n) is 4.19. The van der Waals surface area contributed by atoms with Crippen LogP contribution in [0.2, 0.25) is 0 Å². The molecule has 1 amide bonds. The molecule has 1 N–H and O–H groups in total. The van der Waals surface area contributed by atoms with Gasteiger partial charge in [0.1, 0.15) is 11.6 Å². The van der Waals surface area contributed by atoms with Gasteiger partial charge in [-0.2, -0.15) is 0 Å². The summed E-state index contributed by atoms with van der Waals surface area (Å²) in [5, 5.41) is 9.01. The van der Waals surface area contributed by atoms with E-state index in [9.17, 15) is 9.18 Å². The van der Waals surface area contributed by atoms with Gasteiger partial charge in [-0.25, -0.2) is 4.39 Å². The van der Waals surface area contributed by atoms with Gasteiger partial charge in [0, 0.05) is 19.2 Å². The zero-order valence-corrected chi connectivity index (χ0v) is 9.52. The Kier molecular flexibility index (Phi) is 3.28. The van der Waals surface area contributed by atoms with Crippen molar-refractivity contribution in [2.24, 2.45) is 5.92 Å². The molecular weight excluding hydrogens is 225 g/mol. The fourth-order valence-electron chi connectivity index (χ4n) is 1.75. The van der Waals surface area contributed by atoms with E-state index < -0.39 is 5.82 Å².